The minimum atomic E-state index is 0.122. The van der Waals surface area contributed by atoms with Crippen LogP contribution in [0.1, 0.15) is 31.9 Å². The highest BCUT2D eigenvalue weighted by atomic mass is 15.1. The van der Waals surface area contributed by atoms with Gasteiger partial charge in [0, 0.05) is 24.8 Å². The predicted octanol–water partition coefficient (Wildman–Crippen LogP) is 2.86. The zero-order chi connectivity index (χ0) is 11.5. The van der Waals surface area contributed by atoms with Crippen LogP contribution in [0.4, 0.5) is 5.69 Å². The minimum Gasteiger partial charge on any atom is -0.367 e. The molecule has 0 unspecified atom stereocenters. The molecule has 0 fully saturated rings. The SMILES string of the molecule is CC1=CCCN(c2ccc([C@@H](C)N)cc2)C1. The van der Waals surface area contributed by atoms with Gasteiger partial charge in [-0.05, 0) is 38.0 Å². The summed E-state index contributed by atoms with van der Waals surface area (Å²) in [6.07, 6.45) is 3.48. The van der Waals surface area contributed by atoms with Crippen molar-refractivity contribution in [2.24, 2.45) is 5.73 Å². The van der Waals surface area contributed by atoms with Crippen LogP contribution < -0.4 is 10.6 Å². The predicted molar refractivity (Wildman–Crippen MR) is 69.6 cm³/mol. The molecule has 0 aromatic heterocycles. The smallest absolute Gasteiger partial charge is 0.0386 e. The van der Waals surface area contributed by atoms with E-state index in [-0.39, 0.29) is 6.04 Å². The van der Waals surface area contributed by atoms with Crippen molar-refractivity contribution in [2.75, 3.05) is 18.0 Å². The lowest BCUT2D eigenvalue weighted by Gasteiger charge is -2.28. The van der Waals surface area contributed by atoms with Crippen LogP contribution >= 0.6 is 0 Å². The molecular formula is C14H20N2. The van der Waals surface area contributed by atoms with E-state index in [0.717, 1.165) is 19.5 Å². The van der Waals surface area contributed by atoms with Crippen molar-refractivity contribution in [1.29, 1.82) is 0 Å². The van der Waals surface area contributed by atoms with Crippen molar-refractivity contribution < 1.29 is 0 Å². The molecule has 1 aromatic rings. The molecule has 0 saturated carbocycles. The lowest BCUT2D eigenvalue weighted by Crippen LogP contribution is -2.28. The average Bonchev–Trinajstić information content (AvgIpc) is 2.29. The van der Waals surface area contributed by atoms with Gasteiger partial charge in [-0.1, -0.05) is 23.8 Å². The van der Waals surface area contributed by atoms with E-state index in [9.17, 15) is 0 Å². The van der Waals surface area contributed by atoms with Gasteiger partial charge >= 0.3 is 0 Å². The summed E-state index contributed by atoms with van der Waals surface area (Å²) in [5, 5.41) is 0. The van der Waals surface area contributed by atoms with Crippen molar-refractivity contribution in [2.45, 2.75) is 26.3 Å². The van der Waals surface area contributed by atoms with E-state index in [1.54, 1.807) is 0 Å². The summed E-state index contributed by atoms with van der Waals surface area (Å²) < 4.78 is 0. The number of nitrogens with zero attached hydrogens (tertiary/aromatic N) is 1. The largest absolute Gasteiger partial charge is 0.367 e. The third-order valence-electron chi connectivity index (χ3n) is 3.12. The number of anilines is 1. The fraction of sp³-hybridized carbons (Fsp3) is 0.429. The number of rotatable bonds is 2. The van der Waals surface area contributed by atoms with E-state index in [4.69, 9.17) is 5.73 Å². The molecule has 2 heteroatoms. The first-order chi connectivity index (χ1) is 7.66. The summed E-state index contributed by atoms with van der Waals surface area (Å²) in [4.78, 5) is 2.42. The summed E-state index contributed by atoms with van der Waals surface area (Å²) in [7, 11) is 0. The first-order valence-electron chi connectivity index (χ1n) is 5.93. The van der Waals surface area contributed by atoms with Gasteiger partial charge < -0.3 is 10.6 Å². The van der Waals surface area contributed by atoms with Gasteiger partial charge in [-0.25, -0.2) is 0 Å². The second kappa shape index (κ2) is 4.71. The maximum Gasteiger partial charge on any atom is 0.0386 e. The van der Waals surface area contributed by atoms with Crippen molar-refractivity contribution in [3.05, 3.63) is 41.5 Å². The van der Waals surface area contributed by atoms with E-state index < -0.39 is 0 Å². The third kappa shape index (κ3) is 2.45. The number of hydrogen-bond donors (Lipinski definition) is 1. The molecule has 0 amide bonds. The third-order valence-corrected chi connectivity index (χ3v) is 3.12. The van der Waals surface area contributed by atoms with E-state index in [1.807, 2.05) is 6.92 Å². The van der Waals surface area contributed by atoms with Gasteiger partial charge in [0.2, 0.25) is 0 Å². The first-order valence-corrected chi connectivity index (χ1v) is 5.93. The molecule has 1 heterocycles. The summed E-state index contributed by atoms with van der Waals surface area (Å²) in [6.45, 7) is 6.39. The van der Waals surface area contributed by atoms with Gasteiger partial charge in [-0.15, -0.1) is 0 Å². The van der Waals surface area contributed by atoms with Crippen LogP contribution in [0, 0.1) is 0 Å². The van der Waals surface area contributed by atoms with Crippen LogP contribution in [0.3, 0.4) is 0 Å². The van der Waals surface area contributed by atoms with Gasteiger partial charge in [-0.2, -0.15) is 0 Å². The maximum absolute atomic E-state index is 5.84. The second-order valence-electron chi connectivity index (χ2n) is 4.64. The van der Waals surface area contributed by atoms with Gasteiger partial charge in [0.1, 0.15) is 0 Å². The topological polar surface area (TPSA) is 29.3 Å². The van der Waals surface area contributed by atoms with Gasteiger partial charge in [-0.3, -0.25) is 0 Å². The van der Waals surface area contributed by atoms with E-state index >= 15 is 0 Å². The standard InChI is InChI=1S/C14H20N2/c1-11-4-3-9-16(10-11)14-7-5-13(6-8-14)12(2)15/h4-8,12H,3,9-10,15H2,1-2H3/t12-/m1/s1. The summed E-state index contributed by atoms with van der Waals surface area (Å²) >= 11 is 0. The Bertz CT molecular complexity index is 376. The molecule has 86 valence electrons. The van der Waals surface area contributed by atoms with Crippen LogP contribution in [0.2, 0.25) is 0 Å². The maximum atomic E-state index is 5.84. The molecule has 0 radical (unpaired) electrons. The molecule has 2 nitrogen and oxygen atoms in total. The lowest BCUT2D eigenvalue weighted by atomic mass is 10.1. The normalized spacial score (nSPS) is 18.2. The average molecular weight is 216 g/mol. The van der Waals surface area contributed by atoms with Crippen LogP contribution in [0.15, 0.2) is 35.9 Å². The first kappa shape index (κ1) is 11.2. The minimum absolute atomic E-state index is 0.122. The Balaban J connectivity index is 2.13. The Labute approximate surface area is 97.8 Å². The fourth-order valence-electron chi connectivity index (χ4n) is 2.12. The van der Waals surface area contributed by atoms with Crippen molar-refractivity contribution in [3.63, 3.8) is 0 Å². The quantitative estimate of drug-likeness (QED) is 0.770. The van der Waals surface area contributed by atoms with Gasteiger partial charge in [0.15, 0.2) is 0 Å². The molecule has 1 aliphatic rings. The highest BCUT2D eigenvalue weighted by molar-refractivity contribution is 5.49. The molecule has 2 rings (SSSR count). The monoisotopic (exact) mass is 216 g/mol. The number of hydrogen-bond acceptors (Lipinski definition) is 2. The Morgan fingerprint density at radius 2 is 1.94 bits per heavy atom. The van der Waals surface area contributed by atoms with Crippen LogP contribution in [0.5, 0.6) is 0 Å². The highest BCUT2D eigenvalue weighted by Crippen LogP contribution is 2.21. The lowest BCUT2D eigenvalue weighted by molar-refractivity contribution is 0.787. The molecule has 1 aliphatic heterocycles. The Morgan fingerprint density at radius 1 is 1.25 bits per heavy atom. The van der Waals surface area contributed by atoms with Crippen molar-refractivity contribution >= 4 is 5.69 Å². The summed E-state index contributed by atoms with van der Waals surface area (Å²) in [5.41, 5.74) is 9.81. The van der Waals surface area contributed by atoms with Crippen LogP contribution in [-0.2, 0) is 0 Å². The highest BCUT2D eigenvalue weighted by Gasteiger charge is 2.10. The Hall–Kier alpha value is -1.28. The molecule has 16 heavy (non-hydrogen) atoms. The molecule has 2 N–H and O–H groups in total. The second-order valence-corrected chi connectivity index (χ2v) is 4.64. The number of nitrogens with two attached hydrogens (primary N) is 1. The molecular weight excluding hydrogens is 196 g/mol. The van der Waals surface area contributed by atoms with Gasteiger partial charge in [0.05, 0.1) is 0 Å². The van der Waals surface area contributed by atoms with Gasteiger partial charge in [0.25, 0.3) is 0 Å². The van der Waals surface area contributed by atoms with E-state index in [2.05, 4.69) is 42.2 Å². The number of benzene rings is 1. The molecule has 1 atom stereocenters. The van der Waals surface area contributed by atoms with Crippen LogP contribution in [0.25, 0.3) is 0 Å². The zero-order valence-corrected chi connectivity index (χ0v) is 10.1. The fourth-order valence-corrected chi connectivity index (χ4v) is 2.12. The molecule has 0 aliphatic carbocycles. The summed E-state index contributed by atoms with van der Waals surface area (Å²) in [6, 6.07) is 8.74. The molecule has 0 spiro atoms. The Kier molecular flexibility index (Phi) is 3.30. The molecule has 1 aromatic carbocycles. The van der Waals surface area contributed by atoms with E-state index in [0.29, 0.717) is 0 Å². The zero-order valence-electron chi connectivity index (χ0n) is 10.1. The van der Waals surface area contributed by atoms with Crippen LogP contribution in [-0.4, -0.2) is 13.1 Å². The van der Waals surface area contributed by atoms with Crippen molar-refractivity contribution in [1.82, 2.24) is 0 Å². The van der Waals surface area contributed by atoms with E-state index in [1.165, 1.54) is 16.8 Å². The molecule has 0 bridgehead atoms. The van der Waals surface area contributed by atoms with Crippen molar-refractivity contribution in [3.8, 4) is 0 Å². The Morgan fingerprint density at radius 3 is 2.50 bits per heavy atom. The summed E-state index contributed by atoms with van der Waals surface area (Å²) in [5.74, 6) is 0. The molecule has 0 saturated heterocycles.